The normalized spacial score (nSPS) is 10.4. The van der Waals surface area contributed by atoms with Gasteiger partial charge in [0.15, 0.2) is 0 Å². The fourth-order valence-electron chi connectivity index (χ4n) is 1.95. The largest absolute Gasteiger partial charge is 0.388 e. The summed E-state index contributed by atoms with van der Waals surface area (Å²) < 4.78 is 13.0. The van der Waals surface area contributed by atoms with Crippen molar-refractivity contribution in [1.29, 1.82) is 0 Å². The molecule has 0 atom stereocenters. The van der Waals surface area contributed by atoms with Crippen LogP contribution in [0.1, 0.15) is 11.1 Å². The Labute approximate surface area is 113 Å². The number of benzene rings is 2. The van der Waals surface area contributed by atoms with Gasteiger partial charge >= 0.3 is 0 Å². The molecule has 0 radical (unpaired) electrons. The maximum absolute atomic E-state index is 13.0. The molecule has 0 unspecified atom stereocenters. The fraction of sp³-hybridized carbons (Fsp3) is 0.250. The quantitative estimate of drug-likeness (QED) is 0.777. The smallest absolute Gasteiger partial charge is 0.123 e. The monoisotopic (exact) mass is 258 g/mol. The molecular formula is C16H19FN2. The second-order valence-electron chi connectivity index (χ2n) is 4.50. The van der Waals surface area contributed by atoms with Gasteiger partial charge in [0.05, 0.1) is 0 Å². The average Bonchev–Trinajstić information content (AvgIpc) is 2.44. The molecule has 2 aromatic rings. The molecule has 0 saturated heterocycles. The van der Waals surface area contributed by atoms with Gasteiger partial charge in [-0.15, -0.1) is 0 Å². The first-order chi connectivity index (χ1) is 9.28. The summed E-state index contributed by atoms with van der Waals surface area (Å²) in [6, 6.07) is 15.1. The highest BCUT2D eigenvalue weighted by molar-refractivity contribution is 5.43. The van der Waals surface area contributed by atoms with Crippen molar-refractivity contribution in [2.75, 3.05) is 18.9 Å². The van der Waals surface area contributed by atoms with E-state index < -0.39 is 0 Å². The first-order valence-corrected chi connectivity index (χ1v) is 6.50. The van der Waals surface area contributed by atoms with E-state index in [1.165, 1.54) is 11.6 Å². The van der Waals surface area contributed by atoms with Crippen molar-refractivity contribution >= 4 is 5.69 Å². The van der Waals surface area contributed by atoms with E-state index in [9.17, 15) is 4.39 Å². The fourth-order valence-corrected chi connectivity index (χ4v) is 1.95. The molecule has 2 rings (SSSR count). The number of hydrogen-bond acceptors (Lipinski definition) is 2. The van der Waals surface area contributed by atoms with Crippen molar-refractivity contribution < 1.29 is 4.39 Å². The SMILES string of the molecule is CNc1ccc(CNCCc2cccc(F)c2)cc1. The van der Waals surface area contributed by atoms with Gasteiger partial charge in [0.25, 0.3) is 0 Å². The number of hydrogen-bond donors (Lipinski definition) is 2. The van der Waals surface area contributed by atoms with Crippen LogP contribution in [0.5, 0.6) is 0 Å². The zero-order valence-corrected chi connectivity index (χ0v) is 11.1. The van der Waals surface area contributed by atoms with Crippen molar-refractivity contribution in [2.45, 2.75) is 13.0 Å². The van der Waals surface area contributed by atoms with E-state index in [1.54, 1.807) is 12.1 Å². The van der Waals surface area contributed by atoms with Gasteiger partial charge in [0, 0.05) is 19.3 Å². The minimum atomic E-state index is -0.167. The van der Waals surface area contributed by atoms with E-state index in [2.05, 4.69) is 34.9 Å². The molecule has 0 fully saturated rings. The summed E-state index contributed by atoms with van der Waals surface area (Å²) >= 11 is 0. The molecule has 0 aliphatic heterocycles. The molecule has 100 valence electrons. The van der Waals surface area contributed by atoms with E-state index in [1.807, 2.05) is 13.1 Å². The standard InChI is InChI=1S/C16H19FN2/c1-18-16-7-5-14(6-8-16)12-19-10-9-13-3-2-4-15(17)11-13/h2-8,11,18-19H,9-10,12H2,1H3. The summed E-state index contributed by atoms with van der Waals surface area (Å²) in [5.74, 6) is -0.167. The van der Waals surface area contributed by atoms with Crippen LogP contribution in [0.4, 0.5) is 10.1 Å². The van der Waals surface area contributed by atoms with E-state index in [0.717, 1.165) is 30.8 Å². The van der Waals surface area contributed by atoms with Crippen LogP contribution >= 0.6 is 0 Å². The van der Waals surface area contributed by atoms with Crippen molar-refractivity contribution in [3.8, 4) is 0 Å². The van der Waals surface area contributed by atoms with E-state index in [-0.39, 0.29) is 5.82 Å². The first-order valence-electron chi connectivity index (χ1n) is 6.50. The van der Waals surface area contributed by atoms with Gasteiger partial charge in [-0.05, 0) is 48.4 Å². The van der Waals surface area contributed by atoms with Gasteiger partial charge in [-0.2, -0.15) is 0 Å². The lowest BCUT2D eigenvalue weighted by atomic mass is 10.1. The minimum absolute atomic E-state index is 0.167. The van der Waals surface area contributed by atoms with Crippen LogP contribution in [0.15, 0.2) is 48.5 Å². The molecule has 0 aromatic heterocycles. The van der Waals surface area contributed by atoms with Crippen LogP contribution in [0.2, 0.25) is 0 Å². The van der Waals surface area contributed by atoms with E-state index in [4.69, 9.17) is 0 Å². The van der Waals surface area contributed by atoms with Gasteiger partial charge < -0.3 is 10.6 Å². The molecular weight excluding hydrogens is 239 g/mol. The van der Waals surface area contributed by atoms with Crippen LogP contribution < -0.4 is 10.6 Å². The molecule has 19 heavy (non-hydrogen) atoms. The Morgan fingerprint density at radius 2 is 1.79 bits per heavy atom. The van der Waals surface area contributed by atoms with Crippen molar-refractivity contribution in [2.24, 2.45) is 0 Å². The Morgan fingerprint density at radius 1 is 1.00 bits per heavy atom. The van der Waals surface area contributed by atoms with Crippen molar-refractivity contribution in [3.05, 3.63) is 65.5 Å². The molecule has 2 aromatic carbocycles. The zero-order chi connectivity index (χ0) is 13.5. The average molecular weight is 258 g/mol. The molecule has 0 heterocycles. The van der Waals surface area contributed by atoms with Crippen LogP contribution in [0.25, 0.3) is 0 Å². The number of halogens is 1. The minimum Gasteiger partial charge on any atom is -0.388 e. The van der Waals surface area contributed by atoms with Crippen molar-refractivity contribution in [1.82, 2.24) is 5.32 Å². The Kier molecular flexibility index (Phi) is 4.93. The number of anilines is 1. The predicted octanol–water partition coefficient (Wildman–Crippen LogP) is 3.20. The molecule has 3 heteroatoms. The third-order valence-corrected chi connectivity index (χ3v) is 3.05. The third-order valence-electron chi connectivity index (χ3n) is 3.05. The molecule has 0 aliphatic carbocycles. The molecule has 2 nitrogen and oxygen atoms in total. The maximum atomic E-state index is 13.0. The highest BCUT2D eigenvalue weighted by Crippen LogP contribution is 2.08. The number of nitrogens with one attached hydrogen (secondary N) is 2. The van der Waals surface area contributed by atoms with Gasteiger partial charge in [-0.1, -0.05) is 24.3 Å². The highest BCUT2D eigenvalue weighted by Gasteiger charge is 1.96. The third kappa shape index (κ3) is 4.38. The summed E-state index contributed by atoms with van der Waals surface area (Å²) in [7, 11) is 1.91. The van der Waals surface area contributed by atoms with Gasteiger partial charge in [-0.3, -0.25) is 0 Å². The lowest BCUT2D eigenvalue weighted by molar-refractivity contribution is 0.622. The van der Waals surface area contributed by atoms with Crippen LogP contribution in [0.3, 0.4) is 0 Å². The van der Waals surface area contributed by atoms with Crippen molar-refractivity contribution in [3.63, 3.8) is 0 Å². The lowest BCUT2D eigenvalue weighted by Crippen LogP contribution is -2.16. The van der Waals surface area contributed by atoms with Crippen LogP contribution in [-0.4, -0.2) is 13.6 Å². The summed E-state index contributed by atoms with van der Waals surface area (Å²) in [4.78, 5) is 0. The molecule has 0 saturated carbocycles. The molecule has 0 amide bonds. The van der Waals surface area contributed by atoms with Gasteiger partial charge in [0.2, 0.25) is 0 Å². The first kappa shape index (κ1) is 13.6. The Balaban J connectivity index is 1.74. The molecule has 0 spiro atoms. The number of rotatable bonds is 6. The molecule has 2 N–H and O–H groups in total. The lowest BCUT2D eigenvalue weighted by Gasteiger charge is -2.06. The summed E-state index contributed by atoms with van der Waals surface area (Å²) in [5.41, 5.74) is 3.39. The second-order valence-corrected chi connectivity index (χ2v) is 4.50. The van der Waals surface area contributed by atoms with E-state index >= 15 is 0 Å². The van der Waals surface area contributed by atoms with E-state index in [0.29, 0.717) is 0 Å². The Morgan fingerprint density at radius 3 is 2.47 bits per heavy atom. The van der Waals surface area contributed by atoms with Crippen LogP contribution in [0, 0.1) is 5.82 Å². The summed E-state index contributed by atoms with van der Waals surface area (Å²) in [6.07, 6.45) is 0.840. The molecule has 0 bridgehead atoms. The Bertz CT molecular complexity index is 508. The van der Waals surface area contributed by atoms with Gasteiger partial charge in [0.1, 0.15) is 5.82 Å². The van der Waals surface area contributed by atoms with Crippen LogP contribution in [-0.2, 0) is 13.0 Å². The Hall–Kier alpha value is -1.87. The molecule has 0 aliphatic rings. The second kappa shape index (κ2) is 6.90. The highest BCUT2D eigenvalue weighted by atomic mass is 19.1. The maximum Gasteiger partial charge on any atom is 0.123 e. The van der Waals surface area contributed by atoms with Gasteiger partial charge in [-0.25, -0.2) is 4.39 Å². The summed E-state index contributed by atoms with van der Waals surface area (Å²) in [5, 5.41) is 6.46. The summed E-state index contributed by atoms with van der Waals surface area (Å²) in [6.45, 7) is 1.68. The predicted molar refractivity (Wildman–Crippen MR) is 77.8 cm³/mol. The zero-order valence-electron chi connectivity index (χ0n) is 11.1. The topological polar surface area (TPSA) is 24.1 Å².